The summed E-state index contributed by atoms with van der Waals surface area (Å²) in [6.45, 7) is 7.05. The predicted molar refractivity (Wildman–Crippen MR) is 126 cm³/mol. The molecule has 31 heavy (non-hydrogen) atoms. The second-order valence-electron chi connectivity index (χ2n) is 8.75. The number of aryl methyl sites for hydroxylation is 1. The van der Waals surface area contributed by atoms with Crippen LogP contribution in [0.4, 0.5) is 11.4 Å². The summed E-state index contributed by atoms with van der Waals surface area (Å²) in [5.74, 6) is 1.25. The van der Waals surface area contributed by atoms with Crippen molar-refractivity contribution in [2.24, 2.45) is 0 Å². The second-order valence-corrected chi connectivity index (χ2v) is 9.18. The van der Waals surface area contributed by atoms with Gasteiger partial charge >= 0.3 is 0 Å². The molecule has 0 spiro atoms. The number of halogens is 1. The lowest BCUT2D eigenvalue weighted by Gasteiger charge is -2.36. The Hall–Kier alpha value is -2.24. The van der Waals surface area contributed by atoms with E-state index in [0.29, 0.717) is 6.42 Å². The van der Waals surface area contributed by atoms with Crippen LogP contribution in [-0.2, 0) is 17.6 Å². The monoisotopic (exact) mass is 439 g/mol. The highest BCUT2D eigenvalue weighted by atomic mass is 35.5. The summed E-state index contributed by atoms with van der Waals surface area (Å²) >= 11 is 6.00. The van der Waals surface area contributed by atoms with Crippen LogP contribution in [0.1, 0.15) is 30.4 Å². The molecule has 0 aromatic heterocycles. The zero-order chi connectivity index (χ0) is 21.2. The molecule has 1 saturated heterocycles. The fraction of sp³-hybridized carbons (Fsp3) is 0.480. The zero-order valence-corrected chi connectivity index (χ0v) is 18.7. The average Bonchev–Trinajstić information content (AvgIpc) is 3.22. The van der Waals surface area contributed by atoms with Crippen molar-refractivity contribution in [1.29, 1.82) is 0 Å². The van der Waals surface area contributed by atoms with Gasteiger partial charge in [-0.15, -0.1) is 0 Å². The summed E-state index contributed by atoms with van der Waals surface area (Å²) in [7, 11) is 0. The summed E-state index contributed by atoms with van der Waals surface area (Å²) in [5, 5.41) is 0.793. The normalized spacial score (nSPS) is 18.4. The number of hydrogen-bond donors (Lipinski definition) is 0. The van der Waals surface area contributed by atoms with Crippen LogP contribution in [0, 0.1) is 0 Å². The standard InChI is InChI=1S/C25H30ClN3O2/c26-21-4-6-22(7-5-21)28-14-12-27(13-15-28)10-1-2-16-31-23-17-19-3-8-24(30)29-11-9-20(18-23)25(19)29/h4-7,17-18H,1-3,8-16H2. The molecule has 0 radical (unpaired) electrons. The van der Waals surface area contributed by atoms with Crippen LogP contribution in [0.15, 0.2) is 36.4 Å². The van der Waals surface area contributed by atoms with Crippen molar-refractivity contribution in [3.8, 4) is 5.75 Å². The van der Waals surface area contributed by atoms with E-state index in [9.17, 15) is 4.79 Å². The number of carbonyl (C=O) groups excluding carboxylic acids is 1. The first-order valence-electron chi connectivity index (χ1n) is 11.5. The van der Waals surface area contributed by atoms with Crippen LogP contribution in [-0.4, -0.2) is 56.7 Å². The summed E-state index contributed by atoms with van der Waals surface area (Å²) in [6, 6.07) is 12.5. The minimum Gasteiger partial charge on any atom is -0.494 e. The predicted octanol–water partition coefficient (Wildman–Crippen LogP) is 4.16. The van der Waals surface area contributed by atoms with Gasteiger partial charge in [-0.2, -0.15) is 0 Å². The van der Waals surface area contributed by atoms with E-state index in [1.807, 2.05) is 17.0 Å². The molecule has 5 nitrogen and oxygen atoms in total. The fourth-order valence-electron chi connectivity index (χ4n) is 5.02. The van der Waals surface area contributed by atoms with Gasteiger partial charge in [-0.1, -0.05) is 11.6 Å². The highest BCUT2D eigenvalue weighted by molar-refractivity contribution is 6.30. The number of ether oxygens (including phenoxy) is 1. The molecule has 3 aliphatic rings. The van der Waals surface area contributed by atoms with Crippen LogP contribution in [0.25, 0.3) is 0 Å². The van der Waals surface area contributed by atoms with Crippen LogP contribution < -0.4 is 14.5 Å². The minimum atomic E-state index is 0.272. The number of hydrogen-bond acceptors (Lipinski definition) is 4. The molecule has 0 saturated carbocycles. The Balaban J connectivity index is 1.04. The van der Waals surface area contributed by atoms with Gasteiger partial charge in [0, 0.05) is 49.9 Å². The summed E-state index contributed by atoms with van der Waals surface area (Å²) in [4.78, 5) is 19.0. The lowest BCUT2D eigenvalue weighted by atomic mass is 9.99. The second kappa shape index (κ2) is 9.09. The SMILES string of the molecule is O=C1CCc2cc(OCCCCN3CCN(c4ccc(Cl)cc4)CC3)cc3c2N1CC3. The molecule has 1 fully saturated rings. The number of piperazine rings is 1. The van der Waals surface area contributed by atoms with E-state index in [2.05, 4.69) is 34.1 Å². The number of amides is 1. The number of carbonyl (C=O) groups is 1. The molecule has 3 aliphatic heterocycles. The van der Waals surface area contributed by atoms with Gasteiger partial charge in [0.15, 0.2) is 0 Å². The summed E-state index contributed by atoms with van der Waals surface area (Å²) in [5.41, 5.74) is 4.99. The molecular weight excluding hydrogens is 410 g/mol. The van der Waals surface area contributed by atoms with E-state index in [0.717, 1.165) is 82.3 Å². The molecule has 5 rings (SSSR count). The third-order valence-electron chi connectivity index (χ3n) is 6.73. The smallest absolute Gasteiger partial charge is 0.227 e. The van der Waals surface area contributed by atoms with Crippen molar-refractivity contribution in [1.82, 2.24) is 4.90 Å². The van der Waals surface area contributed by atoms with Gasteiger partial charge in [0.25, 0.3) is 0 Å². The molecule has 0 bridgehead atoms. The first-order chi connectivity index (χ1) is 15.2. The van der Waals surface area contributed by atoms with Gasteiger partial charge in [-0.25, -0.2) is 0 Å². The average molecular weight is 440 g/mol. The van der Waals surface area contributed by atoms with Gasteiger partial charge in [-0.05, 0) is 79.8 Å². The molecule has 0 aliphatic carbocycles. The molecule has 1 amide bonds. The van der Waals surface area contributed by atoms with Crippen molar-refractivity contribution in [3.05, 3.63) is 52.5 Å². The molecule has 2 aromatic carbocycles. The van der Waals surface area contributed by atoms with Gasteiger partial charge in [0.2, 0.25) is 5.91 Å². The first kappa shape index (κ1) is 20.7. The van der Waals surface area contributed by atoms with Gasteiger partial charge in [0.05, 0.1) is 12.3 Å². The third-order valence-corrected chi connectivity index (χ3v) is 6.98. The lowest BCUT2D eigenvalue weighted by molar-refractivity contribution is -0.118. The Morgan fingerprint density at radius 2 is 1.61 bits per heavy atom. The molecule has 0 N–H and O–H groups in total. The van der Waals surface area contributed by atoms with Crippen molar-refractivity contribution in [3.63, 3.8) is 0 Å². The molecular formula is C25H30ClN3O2. The summed E-state index contributed by atoms with van der Waals surface area (Å²) in [6.07, 6.45) is 4.64. The zero-order valence-electron chi connectivity index (χ0n) is 18.0. The van der Waals surface area contributed by atoms with E-state index in [1.165, 1.54) is 22.5 Å². The summed E-state index contributed by atoms with van der Waals surface area (Å²) < 4.78 is 6.09. The largest absolute Gasteiger partial charge is 0.494 e. The topological polar surface area (TPSA) is 36.0 Å². The molecule has 0 atom stereocenters. The lowest BCUT2D eigenvalue weighted by Crippen LogP contribution is -2.46. The van der Waals surface area contributed by atoms with Gasteiger partial charge < -0.3 is 14.5 Å². The number of benzene rings is 2. The Morgan fingerprint density at radius 3 is 2.39 bits per heavy atom. The van der Waals surface area contributed by atoms with E-state index in [4.69, 9.17) is 16.3 Å². The van der Waals surface area contributed by atoms with Crippen molar-refractivity contribution >= 4 is 28.9 Å². The number of nitrogens with zero attached hydrogens (tertiary/aromatic N) is 3. The van der Waals surface area contributed by atoms with E-state index < -0.39 is 0 Å². The van der Waals surface area contributed by atoms with E-state index in [1.54, 1.807) is 0 Å². The highest BCUT2D eigenvalue weighted by Crippen LogP contribution is 2.39. The Morgan fingerprint density at radius 1 is 0.871 bits per heavy atom. The molecule has 2 aromatic rings. The third kappa shape index (κ3) is 4.53. The van der Waals surface area contributed by atoms with Crippen LogP contribution in [0.2, 0.25) is 5.02 Å². The van der Waals surface area contributed by atoms with E-state index >= 15 is 0 Å². The highest BCUT2D eigenvalue weighted by Gasteiger charge is 2.31. The molecule has 0 unspecified atom stereocenters. The van der Waals surface area contributed by atoms with Gasteiger partial charge in [-0.3, -0.25) is 9.69 Å². The Labute approximate surface area is 189 Å². The maximum atomic E-state index is 12.1. The maximum Gasteiger partial charge on any atom is 0.227 e. The molecule has 164 valence electrons. The first-order valence-corrected chi connectivity index (χ1v) is 11.9. The molecule has 6 heteroatoms. The van der Waals surface area contributed by atoms with Crippen LogP contribution in [0.3, 0.4) is 0 Å². The van der Waals surface area contributed by atoms with Crippen molar-refractivity contribution in [2.45, 2.75) is 32.1 Å². The number of rotatable bonds is 7. The van der Waals surface area contributed by atoms with Crippen molar-refractivity contribution in [2.75, 3.05) is 55.7 Å². The van der Waals surface area contributed by atoms with Gasteiger partial charge in [0.1, 0.15) is 5.75 Å². The maximum absolute atomic E-state index is 12.1. The Bertz CT molecular complexity index is 939. The minimum absolute atomic E-state index is 0.272. The quantitative estimate of drug-likeness (QED) is 0.607. The van der Waals surface area contributed by atoms with Crippen molar-refractivity contribution < 1.29 is 9.53 Å². The number of unbranched alkanes of at least 4 members (excludes halogenated alkanes) is 1. The Kier molecular flexibility index (Phi) is 6.06. The van der Waals surface area contributed by atoms with E-state index in [-0.39, 0.29) is 5.91 Å². The van der Waals surface area contributed by atoms with Crippen LogP contribution in [0.5, 0.6) is 5.75 Å². The number of anilines is 2. The fourth-order valence-corrected chi connectivity index (χ4v) is 5.14. The van der Waals surface area contributed by atoms with Crippen LogP contribution >= 0.6 is 11.6 Å². The molecule has 3 heterocycles.